The largest absolute Gasteiger partial charge is 0.466 e. The topological polar surface area (TPSA) is 84.4 Å². The Hall–Kier alpha value is -5.11. The lowest BCUT2D eigenvalue weighted by molar-refractivity contribution is -0.143. The molecule has 0 bridgehead atoms. The second-order valence-electron chi connectivity index (χ2n) is 9.25. The van der Waals surface area contributed by atoms with Crippen LogP contribution >= 0.6 is 0 Å². The number of carbonyl (C=O) groups is 1. The minimum absolute atomic E-state index is 0.0431. The highest BCUT2D eigenvalue weighted by atomic mass is 19.2. The molecule has 214 valence electrons. The van der Waals surface area contributed by atoms with Crippen molar-refractivity contribution >= 4 is 16.9 Å². The van der Waals surface area contributed by atoms with Crippen LogP contribution in [0.5, 0.6) is 11.5 Å². The van der Waals surface area contributed by atoms with Crippen molar-refractivity contribution in [2.75, 3.05) is 6.61 Å². The highest BCUT2D eigenvalue weighted by Gasteiger charge is 2.38. The molecule has 2 aromatic heterocycles. The Balaban J connectivity index is 1.52. The van der Waals surface area contributed by atoms with Crippen molar-refractivity contribution in [3.8, 4) is 22.9 Å². The molecule has 0 radical (unpaired) electrons. The quantitative estimate of drug-likeness (QED) is 0.0816. The van der Waals surface area contributed by atoms with Gasteiger partial charge in [-0.2, -0.15) is 4.39 Å². The normalized spacial score (nSPS) is 14.0. The number of imidazole rings is 1. The van der Waals surface area contributed by atoms with Gasteiger partial charge in [0.15, 0.2) is 11.6 Å². The number of aromatic amines is 2. The van der Waals surface area contributed by atoms with E-state index in [0.29, 0.717) is 5.56 Å². The first kappa shape index (κ1) is 24.7. The Kier molecular flexibility index (Phi) is 6.70. The molecule has 0 fully saturated rings. The van der Waals surface area contributed by atoms with Crippen LogP contribution in [0.4, 0.5) is 17.6 Å². The van der Waals surface area contributed by atoms with Gasteiger partial charge in [0.25, 0.3) is 5.54 Å². The molecule has 2 N–H and O–H groups in total. The summed E-state index contributed by atoms with van der Waals surface area (Å²) in [5, 5.41) is -0.257. The minimum atomic E-state index is -2.95. The molecular weight excluding hydrogens is 552 g/mol. The number of aryl methyl sites for hydroxylation is 1. The molecule has 7 nitrogen and oxygen atoms in total. The highest BCUT2D eigenvalue weighted by molar-refractivity contribution is 5.82. The van der Waals surface area contributed by atoms with Gasteiger partial charge in [-0.15, -0.1) is 0 Å². The molecule has 0 aliphatic carbocycles. The van der Waals surface area contributed by atoms with E-state index in [2.05, 4.69) is 19.8 Å². The fourth-order valence-electron chi connectivity index (χ4n) is 4.47. The first-order valence-corrected chi connectivity index (χ1v) is 12.7. The number of halogens is 4. The van der Waals surface area contributed by atoms with Gasteiger partial charge in [-0.1, -0.05) is 18.2 Å². The third-order valence-corrected chi connectivity index (χ3v) is 6.61. The summed E-state index contributed by atoms with van der Waals surface area (Å²) in [6.45, 7) is 6.94. The van der Waals surface area contributed by atoms with Crippen molar-refractivity contribution in [2.45, 2.75) is 32.2 Å². The van der Waals surface area contributed by atoms with Crippen LogP contribution in [0.1, 0.15) is 41.1 Å². The zero-order chi connectivity index (χ0) is 32.5. The number of esters is 1. The van der Waals surface area contributed by atoms with Gasteiger partial charge in [-0.3, -0.25) is 9.64 Å². The van der Waals surface area contributed by atoms with Crippen molar-refractivity contribution in [2.24, 2.45) is 0 Å². The van der Waals surface area contributed by atoms with Gasteiger partial charge in [0.1, 0.15) is 23.1 Å². The van der Waals surface area contributed by atoms with Crippen LogP contribution < -0.4 is 4.74 Å². The monoisotopic (exact) mass is 579 g/mol. The molecule has 2 heterocycles. The summed E-state index contributed by atoms with van der Waals surface area (Å²) < 4.78 is 94.5. The van der Waals surface area contributed by atoms with E-state index >= 15 is 4.39 Å². The maximum absolute atomic E-state index is 15.0. The third-order valence-electron chi connectivity index (χ3n) is 6.61. The lowest BCUT2D eigenvalue weighted by Crippen LogP contribution is -2.19. The molecule has 0 aliphatic rings. The van der Waals surface area contributed by atoms with E-state index in [4.69, 9.17) is 20.2 Å². The van der Waals surface area contributed by atoms with Gasteiger partial charge in [-0.05, 0) is 49.2 Å². The SMILES string of the molecule is [2H]C([2H])([2H])C([N+]#[C-])(c1cccc(CCC(=O)OCC)c1)c1cnc(-c2cc(Oc3c(F)c(F)c4[nH]ccc4c3F)ccc2F)[nH]1. The number of nitrogens with zero attached hydrogens (tertiary/aromatic N) is 2. The van der Waals surface area contributed by atoms with Gasteiger partial charge in [0.05, 0.1) is 23.9 Å². The second-order valence-corrected chi connectivity index (χ2v) is 9.25. The average Bonchev–Trinajstić information content (AvgIpc) is 3.70. The predicted molar refractivity (Wildman–Crippen MR) is 147 cm³/mol. The number of aromatic nitrogens is 3. The summed E-state index contributed by atoms with van der Waals surface area (Å²) in [6.07, 6.45) is 2.59. The van der Waals surface area contributed by atoms with Crippen LogP contribution in [0.15, 0.2) is 60.9 Å². The zero-order valence-corrected chi connectivity index (χ0v) is 22.0. The van der Waals surface area contributed by atoms with E-state index < -0.39 is 47.4 Å². The number of hydrogen-bond donors (Lipinski definition) is 2. The molecule has 0 saturated carbocycles. The van der Waals surface area contributed by atoms with E-state index in [1.54, 1.807) is 19.1 Å². The minimum Gasteiger partial charge on any atom is -0.466 e. The number of H-pyrrole nitrogens is 2. The molecule has 11 heteroatoms. The van der Waals surface area contributed by atoms with Gasteiger partial charge >= 0.3 is 5.97 Å². The summed E-state index contributed by atoms with van der Waals surface area (Å²) in [7, 11) is 0. The molecular formula is C31H24F4N4O3. The van der Waals surface area contributed by atoms with Crippen molar-refractivity contribution in [3.63, 3.8) is 0 Å². The third kappa shape index (κ3) is 5.19. The number of hydrogen-bond acceptors (Lipinski definition) is 4. The Morgan fingerprint density at radius 3 is 2.71 bits per heavy atom. The molecule has 3 aromatic carbocycles. The van der Waals surface area contributed by atoms with Crippen molar-refractivity contribution in [1.82, 2.24) is 15.0 Å². The van der Waals surface area contributed by atoms with Crippen molar-refractivity contribution in [1.29, 1.82) is 0 Å². The molecule has 42 heavy (non-hydrogen) atoms. The standard InChI is InChI=1S/C31H24F4N4O3/c1-4-41-24(40)11-8-17-6-5-7-18(14-17)31(2,36-3)23-16-38-30(39-23)21-15-19(9-10-22(21)32)42-29-25(33)20-12-13-37-28(20)26(34)27(29)35/h5-7,9-10,12-16,37H,4,8,11H2,1-2H3,(H,38,39)/i2D3. The number of rotatable bonds is 9. The first-order chi connectivity index (χ1) is 21.4. The van der Waals surface area contributed by atoms with E-state index in [9.17, 15) is 18.0 Å². The molecule has 0 amide bonds. The Morgan fingerprint density at radius 2 is 1.95 bits per heavy atom. The summed E-state index contributed by atoms with van der Waals surface area (Å²) in [6, 6.07) is 10.4. The Morgan fingerprint density at radius 1 is 1.12 bits per heavy atom. The van der Waals surface area contributed by atoms with Crippen LogP contribution in [-0.2, 0) is 21.5 Å². The van der Waals surface area contributed by atoms with E-state index in [-0.39, 0.29) is 58.7 Å². The van der Waals surface area contributed by atoms with Crippen LogP contribution in [0, 0.1) is 29.8 Å². The van der Waals surface area contributed by atoms with Crippen LogP contribution in [0.25, 0.3) is 27.1 Å². The highest BCUT2D eigenvalue weighted by Crippen LogP contribution is 2.38. The number of ether oxygens (including phenoxy) is 2. The molecule has 1 unspecified atom stereocenters. The first-order valence-electron chi connectivity index (χ1n) is 14.2. The fourth-order valence-corrected chi connectivity index (χ4v) is 4.47. The summed E-state index contributed by atoms with van der Waals surface area (Å²) >= 11 is 0. The molecule has 0 spiro atoms. The Bertz CT molecular complexity index is 1950. The van der Waals surface area contributed by atoms with E-state index in [0.717, 1.165) is 24.4 Å². The van der Waals surface area contributed by atoms with E-state index in [1.807, 2.05) is 0 Å². The molecule has 5 rings (SSSR count). The van der Waals surface area contributed by atoms with Gasteiger partial charge in [0.2, 0.25) is 11.6 Å². The predicted octanol–water partition coefficient (Wildman–Crippen LogP) is 7.59. The summed E-state index contributed by atoms with van der Waals surface area (Å²) in [4.78, 5) is 24.6. The van der Waals surface area contributed by atoms with Crippen LogP contribution in [-0.4, -0.2) is 27.5 Å². The molecule has 1 atom stereocenters. The van der Waals surface area contributed by atoms with Gasteiger partial charge < -0.3 is 19.4 Å². The number of carbonyl (C=O) groups excluding carboxylic acids is 1. The molecule has 5 aromatic rings. The van der Waals surface area contributed by atoms with Gasteiger partial charge in [-0.25, -0.2) is 24.7 Å². The van der Waals surface area contributed by atoms with Crippen molar-refractivity contribution < 1.29 is 35.9 Å². The Labute approximate surface area is 242 Å². The molecule has 0 saturated heterocycles. The fraction of sp³-hybridized carbons (Fsp3) is 0.194. The van der Waals surface area contributed by atoms with Crippen LogP contribution in [0.3, 0.4) is 0 Å². The number of nitrogens with one attached hydrogen (secondary N) is 2. The summed E-state index contributed by atoms with van der Waals surface area (Å²) in [5.74, 6) is -6.97. The maximum Gasteiger partial charge on any atom is 0.306 e. The second kappa shape index (κ2) is 11.4. The van der Waals surface area contributed by atoms with E-state index in [1.165, 1.54) is 24.4 Å². The lowest BCUT2D eigenvalue weighted by Gasteiger charge is -2.17. The van der Waals surface area contributed by atoms with Gasteiger partial charge in [0, 0.05) is 34.5 Å². The number of fused-ring (bicyclic) bond motifs is 1. The van der Waals surface area contributed by atoms with Crippen LogP contribution in [0.2, 0.25) is 0 Å². The van der Waals surface area contributed by atoms with Crippen molar-refractivity contribution in [3.05, 3.63) is 112 Å². The average molecular weight is 580 g/mol. The number of benzene rings is 3. The smallest absolute Gasteiger partial charge is 0.306 e. The summed E-state index contributed by atoms with van der Waals surface area (Å²) in [5.41, 5.74) is -2.49. The lowest BCUT2D eigenvalue weighted by atomic mass is 9.88. The molecule has 0 aliphatic heterocycles. The zero-order valence-electron chi connectivity index (χ0n) is 25.0. The maximum atomic E-state index is 15.0.